The fourth-order valence-electron chi connectivity index (χ4n) is 3.12. The molecule has 8 nitrogen and oxygen atoms in total. The third-order valence-corrected chi connectivity index (χ3v) is 5.76. The highest BCUT2D eigenvalue weighted by Crippen LogP contribution is 2.11. The van der Waals surface area contributed by atoms with Gasteiger partial charge >= 0.3 is 5.69 Å². The van der Waals surface area contributed by atoms with Crippen molar-refractivity contribution < 1.29 is 8.76 Å². The van der Waals surface area contributed by atoms with Crippen LogP contribution in [-0.4, -0.2) is 67.1 Å². The molecule has 0 aromatic carbocycles. The van der Waals surface area contributed by atoms with Crippen molar-refractivity contribution in [1.29, 1.82) is 0 Å². The Morgan fingerprint density at radius 3 is 2.50 bits per heavy atom. The van der Waals surface area contributed by atoms with Crippen LogP contribution in [0.15, 0.2) is 4.79 Å². The highest BCUT2D eigenvalue weighted by atomic mass is 32.3. The van der Waals surface area contributed by atoms with Crippen molar-refractivity contribution in [2.75, 3.05) is 39.0 Å². The number of hydrogen-bond acceptors (Lipinski definition) is 5. The molecule has 124 valence electrons. The van der Waals surface area contributed by atoms with E-state index in [1.165, 1.54) is 10.6 Å². The zero-order valence-electron chi connectivity index (χ0n) is 12.9. The Kier molecular flexibility index (Phi) is 4.49. The molecule has 0 saturated carbocycles. The number of sulfonamides is 1. The van der Waals surface area contributed by atoms with Gasteiger partial charge in [-0.3, -0.25) is 9.47 Å². The number of hydrogen-bond donors (Lipinski definition) is 0. The van der Waals surface area contributed by atoms with Crippen LogP contribution >= 0.6 is 0 Å². The van der Waals surface area contributed by atoms with Gasteiger partial charge in [-0.2, -0.15) is 5.10 Å². The quantitative estimate of drug-likeness (QED) is 0.673. The van der Waals surface area contributed by atoms with E-state index in [2.05, 4.69) is 10.00 Å². The zero-order valence-corrected chi connectivity index (χ0v) is 13.8. The molecule has 0 aliphatic carbocycles. The number of aromatic nitrogens is 3. The largest absolute Gasteiger partial charge is 0.598 e. The lowest BCUT2D eigenvalue weighted by Crippen LogP contribution is -2.51. The monoisotopic (exact) mass is 329 g/mol. The summed E-state index contributed by atoms with van der Waals surface area (Å²) in [6, 6.07) is 0. The molecule has 3 heterocycles. The third kappa shape index (κ3) is 3.32. The number of rotatable bonds is 4. The fraction of sp³-hybridized carbons (Fsp3) is 0.846. The summed E-state index contributed by atoms with van der Waals surface area (Å²) in [7, 11) is -3.09. The van der Waals surface area contributed by atoms with Gasteiger partial charge in [0.05, 0.1) is 19.6 Å². The van der Waals surface area contributed by atoms with Crippen molar-refractivity contribution in [1.82, 2.24) is 23.6 Å². The van der Waals surface area contributed by atoms with Crippen LogP contribution in [0.25, 0.3) is 0 Å². The van der Waals surface area contributed by atoms with Crippen LogP contribution in [0.3, 0.4) is 0 Å². The molecule has 2 aliphatic heterocycles. The molecule has 0 bridgehead atoms. The zero-order chi connectivity index (χ0) is 15.7. The lowest BCUT2D eigenvalue weighted by Gasteiger charge is -2.34. The van der Waals surface area contributed by atoms with Crippen LogP contribution in [0.1, 0.15) is 18.7 Å². The molecule has 1 aromatic rings. The summed E-state index contributed by atoms with van der Waals surface area (Å²) < 4.78 is 27.8. The van der Waals surface area contributed by atoms with E-state index < -0.39 is 10.4 Å². The van der Waals surface area contributed by atoms with Gasteiger partial charge in [-0.1, -0.05) is 4.21 Å². The summed E-state index contributed by atoms with van der Waals surface area (Å²) >= 11 is 0. The lowest BCUT2D eigenvalue weighted by atomic mass is 10.2. The van der Waals surface area contributed by atoms with E-state index in [1.54, 1.807) is 9.25 Å². The van der Waals surface area contributed by atoms with Crippen LogP contribution in [-0.2, 0) is 34.1 Å². The van der Waals surface area contributed by atoms with Gasteiger partial charge in [-0.05, 0) is 12.8 Å². The summed E-state index contributed by atoms with van der Waals surface area (Å²) in [6.45, 7) is 4.53. The van der Waals surface area contributed by atoms with E-state index in [0.717, 1.165) is 38.2 Å². The minimum Gasteiger partial charge on any atom is -0.598 e. The first-order chi connectivity index (χ1) is 10.4. The molecule has 1 unspecified atom stereocenters. The van der Waals surface area contributed by atoms with Crippen LogP contribution in [0.5, 0.6) is 0 Å². The Morgan fingerprint density at radius 1 is 1.14 bits per heavy atom. The second kappa shape index (κ2) is 6.23. The number of nitrogens with zero attached hydrogens (tertiary/aromatic N) is 5. The summed E-state index contributed by atoms with van der Waals surface area (Å²) in [5.41, 5.74) is -0.00975. The molecular formula is C13H23N5O3S. The van der Waals surface area contributed by atoms with Gasteiger partial charge in [-0.25, -0.2) is 9.48 Å². The van der Waals surface area contributed by atoms with Gasteiger partial charge in [0.25, 0.3) is 0 Å². The normalized spacial score (nSPS) is 23.2. The third-order valence-electron chi connectivity index (χ3n) is 4.46. The average Bonchev–Trinajstić information content (AvgIpc) is 2.82. The van der Waals surface area contributed by atoms with Gasteiger partial charge in [-0.15, -0.1) is 4.31 Å². The first-order valence-electron chi connectivity index (χ1n) is 7.79. The van der Waals surface area contributed by atoms with E-state index in [0.29, 0.717) is 32.7 Å². The van der Waals surface area contributed by atoms with Gasteiger partial charge in [0.2, 0.25) is 0 Å². The number of aryl methyl sites for hydroxylation is 1. The van der Waals surface area contributed by atoms with E-state index in [-0.39, 0.29) is 5.69 Å². The Hall–Kier alpha value is -1.03. The first kappa shape index (κ1) is 15.9. The Morgan fingerprint density at radius 2 is 1.86 bits per heavy atom. The van der Waals surface area contributed by atoms with E-state index in [1.807, 2.05) is 0 Å². The SMILES string of the molecule is C[S+](=O)([O-])N1CCN(CCn2nc3n(c2=O)CCCC3)CC1. The van der Waals surface area contributed by atoms with E-state index in [9.17, 15) is 13.6 Å². The van der Waals surface area contributed by atoms with Crippen molar-refractivity contribution >= 4 is 10.4 Å². The van der Waals surface area contributed by atoms with Crippen LogP contribution < -0.4 is 5.69 Å². The van der Waals surface area contributed by atoms with Gasteiger partial charge in [0.1, 0.15) is 22.5 Å². The maximum absolute atomic E-state index is 12.2. The van der Waals surface area contributed by atoms with Crippen molar-refractivity contribution in [2.24, 2.45) is 0 Å². The molecule has 0 radical (unpaired) electrons. The fourth-order valence-corrected chi connectivity index (χ4v) is 3.94. The Balaban J connectivity index is 1.55. The number of fused-ring (bicyclic) bond motifs is 1. The summed E-state index contributed by atoms with van der Waals surface area (Å²) in [4.78, 5) is 14.4. The predicted octanol–water partition coefficient (Wildman–Crippen LogP) is -0.827. The molecule has 0 amide bonds. The number of piperazine rings is 1. The van der Waals surface area contributed by atoms with Crippen LogP contribution in [0, 0.1) is 0 Å². The summed E-state index contributed by atoms with van der Waals surface area (Å²) in [6.07, 6.45) is 4.28. The van der Waals surface area contributed by atoms with Gasteiger partial charge in [0.15, 0.2) is 0 Å². The molecule has 1 atom stereocenters. The average molecular weight is 329 g/mol. The molecule has 1 saturated heterocycles. The molecule has 9 heteroatoms. The second-order valence-electron chi connectivity index (χ2n) is 6.03. The standard InChI is InChI=1S/C13H23N5O3S/c1-22(20,21)16-9-6-15(7-10-16)8-11-18-13(19)17-5-3-2-4-12(17)14-18/h2-11H2,1H3. The maximum Gasteiger partial charge on any atom is 0.345 e. The Labute approximate surface area is 131 Å². The second-order valence-corrected chi connectivity index (χ2v) is 8.02. The topological polar surface area (TPSA) is 86.4 Å². The van der Waals surface area contributed by atoms with Crippen LogP contribution in [0.4, 0.5) is 0 Å². The van der Waals surface area contributed by atoms with Gasteiger partial charge in [0, 0.05) is 32.6 Å². The molecule has 3 rings (SSSR count). The van der Waals surface area contributed by atoms with Crippen molar-refractivity contribution in [3.63, 3.8) is 0 Å². The molecule has 1 fully saturated rings. The lowest BCUT2D eigenvalue weighted by molar-refractivity contribution is 0.174. The molecule has 0 spiro atoms. The highest BCUT2D eigenvalue weighted by Gasteiger charge is 2.27. The maximum atomic E-state index is 12.2. The molecule has 22 heavy (non-hydrogen) atoms. The molecule has 1 aromatic heterocycles. The van der Waals surface area contributed by atoms with Crippen LogP contribution in [0.2, 0.25) is 0 Å². The first-order valence-corrected chi connectivity index (χ1v) is 9.64. The molecule has 0 N–H and O–H groups in total. The van der Waals surface area contributed by atoms with Crippen molar-refractivity contribution in [3.05, 3.63) is 16.3 Å². The predicted molar refractivity (Wildman–Crippen MR) is 82.2 cm³/mol. The minimum atomic E-state index is -3.09. The van der Waals surface area contributed by atoms with Gasteiger partial charge < -0.3 is 4.55 Å². The minimum absolute atomic E-state index is 0.00975. The molecule has 2 aliphatic rings. The van der Waals surface area contributed by atoms with E-state index >= 15 is 0 Å². The summed E-state index contributed by atoms with van der Waals surface area (Å²) in [5, 5.41) is 4.42. The van der Waals surface area contributed by atoms with Crippen molar-refractivity contribution in [3.8, 4) is 0 Å². The molecular weight excluding hydrogens is 306 g/mol. The smallest absolute Gasteiger partial charge is 0.345 e. The highest BCUT2D eigenvalue weighted by molar-refractivity contribution is 7.94. The van der Waals surface area contributed by atoms with Crippen molar-refractivity contribution in [2.45, 2.75) is 32.4 Å². The Bertz CT molecular complexity index is 626. The summed E-state index contributed by atoms with van der Waals surface area (Å²) in [5.74, 6) is 0.901. The van der Waals surface area contributed by atoms with E-state index in [4.69, 9.17) is 0 Å².